The van der Waals surface area contributed by atoms with E-state index >= 15 is 0 Å². The second kappa shape index (κ2) is 10.1. The van der Waals surface area contributed by atoms with Crippen molar-refractivity contribution in [2.24, 2.45) is 0 Å². The highest BCUT2D eigenvalue weighted by Crippen LogP contribution is 2.33. The lowest BCUT2D eigenvalue weighted by Gasteiger charge is -2.41. The fourth-order valence-corrected chi connectivity index (χ4v) is 5.99. The normalized spacial score (nSPS) is 21.2. The third-order valence-corrected chi connectivity index (χ3v) is 7.96. The summed E-state index contributed by atoms with van der Waals surface area (Å²) in [6.45, 7) is 2.11. The number of hydrogen-bond donors (Lipinski definition) is 3. The van der Waals surface area contributed by atoms with Crippen molar-refractivity contribution in [3.05, 3.63) is 58.9 Å². The fraction of sp³-hybridized carbons (Fsp3) is 0.381. The fourth-order valence-electron chi connectivity index (χ4n) is 3.74. The first-order valence-electron chi connectivity index (χ1n) is 9.94. The van der Waals surface area contributed by atoms with Crippen LogP contribution < -0.4 is 15.5 Å². The average Bonchev–Trinajstić information content (AvgIpc) is 2.78. The minimum absolute atomic E-state index is 0.00798. The van der Waals surface area contributed by atoms with E-state index in [1.165, 1.54) is 42.5 Å². The van der Waals surface area contributed by atoms with E-state index in [1.54, 1.807) is 12.4 Å². The molecule has 2 unspecified atom stereocenters. The van der Waals surface area contributed by atoms with Crippen molar-refractivity contribution in [3.63, 3.8) is 0 Å². The molecule has 1 aliphatic heterocycles. The van der Waals surface area contributed by atoms with Crippen LogP contribution in [0.3, 0.4) is 0 Å². The van der Waals surface area contributed by atoms with Gasteiger partial charge in [0.1, 0.15) is 23.4 Å². The molecule has 1 aliphatic rings. The number of amides is 1. The third kappa shape index (κ3) is 4.89. The number of hydrogen-bond acceptors (Lipinski definition) is 7. The van der Waals surface area contributed by atoms with Gasteiger partial charge >= 0.3 is 0 Å². The standard InChI is InChI=1S/C21H24ClFN2O6S/c1-2-31-21(20(26)25-27)13-24-10-9-19(21)32(28,29)17-7-5-16(6-8-17)30-12-14-3-4-15(23)11-18(14)22/h3-8,11,19,24,27H,2,9-10,12-13H2,1H3,(H,25,26). The molecule has 2 aromatic rings. The van der Waals surface area contributed by atoms with Crippen LogP contribution in [0.25, 0.3) is 0 Å². The highest BCUT2D eigenvalue weighted by Gasteiger charge is 2.54. The van der Waals surface area contributed by atoms with Crippen LogP contribution in [0.5, 0.6) is 5.75 Å². The lowest BCUT2D eigenvalue weighted by molar-refractivity contribution is -0.157. The second-order valence-electron chi connectivity index (χ2n) is 7.26. The molecule has 8 nitrogen and oxygen atoms in total. The Morgan fingerprint density at radius 3 is 2.66 bits per heavy atom. The van der Waals surface area contributed by atoms with Crippen molar-refractivity contribution in [2.75, 3.05) is 19.7 Å². The van der Waals surface area contributed by atoms with E-state index in [2.05, 4.69) is 5.32 Å². The van der Waals surface area contributed by atoms with Crippen LogP contribution in [0.1, 0.15) is 18.9 Å². The van der Waals surface area contributed by atoms with E-state index in [0.29, 0.717) is 17.9 Å². The number of benzene rings is 2. The molecule has 11 heteroatoms. The molecule has 0 aliphatic carbocycles. The lowest BCUT2D eigenvalue weighted by Crippen LogP contribution is -2.66. The second-order valence-corrected chi connectivity index (χ2v) is 9.80. The van der Waals surface area contributed by atoms with Crippen molar-refractivity contribution in [2.45, 2.75) is 35.7 Å². The van der Waals surface area contributed by atoms with Gasteiger partial charge in [-0.05, 0) is 56.3 Å². The summed E-state index contributed by atoms with van der Waals surface area (Å²) in [4.78, 5) is 12.4. The molecule has 0 radical (unpaired) electrons. The summed E-state index contributed by atoms with van der Waals surface area (Å²) in [6, 6.07) is 9.69. The highest BCUT2D eigenvalue weighted by atomic mass is 35.5. The Bertz CT molecular complexity index is 1060. The Kier molecular flexibility index (Phi) is 7.73. The van der Waals surface area contributed by atoms with E-state index in [9.17, 15) is 22.8 Å². The molecule has 174 valence electrons. The molecule has 32 heavy (non-hydrogen) atoms. The smallest absolute Gasteiger partial charge is 0.278 e. The van der Waals surface area contributed by atoms with E-state index in [-0.39, 0.29) is 36.1 Å². The van der Waals surface area contributed by atoms with Crippen LogP contribution in [-0.4, -0.2) is 50.1 Å². The summed E-state index contributed by atoms with van der Waals surface area (Å²) in [7, 11) is -4.00. The predicted molar refractivity (Wildman–Crippen MR) is 115 cm³/mol. The quantitative estimate of drug-likeness (QED) is 0.388. The van der Waals surface area contributed by atoms with Crippen molar-refractivity contribution in [1.82, 2.24) is 10.8 Å². The number of sulfone groups is 1. The van der Waals surface area contributed by atoms with Crippen LogP contribution in [0.4, 0.5) is 4.39 Å². The van der Waals surface area contributed by atoms with Gasteiger partial charge < -0.3 is 14.8 Å². The molecule has 0 bridgehead atoms. The molecular formula is C21H24ClFN2O6S. The van der Waals surface area contributed by atoms with Gasteiger partial charge in [0.15, 0.2) is 15.4 Å². The summed E-state index contributed by atoms with van der Waals surface area (Å²) in [5.74, 6) is -0.987. The Hall–Kier alpha value is -2.24. The highest BCUT2D eigenvalue weighted by molar-refractivity contribution is 7.92. The summed E-state index contributed by atoms with van der Waals surface area (Å²) < 4.78 is 51.2. The minimum atomic E-state index is -4.00. The molecule has 1 amide bonds. The van der Waals surface area contributed by atoms with Crippen molar-refractivity contribution < 1.29 is 32.3 Å². The summed E-state index contributed by atoms with van der Waals surface area (Å²) >= 11 is 5.99. The van der Waals surface area contributed by atoms with Gasteiger partial charge in [-0.25, -0.2) is 18.3 Å². The minimum Gasteiger partial charge on any atom is -0.489 e. The summed E-state index contributed by atoms with van der Waals surface area (Å²) in [5.41, 5.74) is 0.352. The molecular weight excluding hydrogens is 463 g/mol. The maximum absolute atomic E-state index is 13.4. The number of piperidine rings is 1. The number of nitrogens with one attached hydrogen (secondary N) is 2. The molecule has 2 atom stereocenters. The summed E-state index contributed by atoms with van der Waals surface area (Å²) in [6.07, 6.45) is 0.122. The van der Waals surface area contributed by atoms with Gasteiger partial charge in [0, 0.05) is 18.7 Å². The van der Waals surface area contributed by atoms with Gasteiger partial charge in [-0.2, -0.15) is 0 Å². The Balaban J connectivity index is 1.82. The predicted octanol–water partition coefficient (Wildman–Crippen LogP) is 2.47. The van der Waals surface area contributed by atoms with Gasteiger partial charge in [0.2, 0.25) is 0 Å². The lowest BCUT2D eigenvalue weighted by atomic mass is 9.92. The van der Waals surface area contributed by atoms with Crippen LogP contribution in [0, 0.1) is 5.82 Å². The van der Waals surface area contributed by atoms with Gasteiger partial charge in [-0.3, -0.25) is 10.0 Å². The zero-order valence-corrected chi connectivity index (χ0v) is 18.9. The van der Waals surface area contributed by atoms with Crippen LogP contribution in [-0.2, 0) is 26.0 Å². The molecule has 1 heterocycles. The van der Waals surface area contributed by atoms with Crippen molar-refractivity contribution in [1.29, 1.82) is 0 Å². The number of carbonyl (C=O) groups is 1. The zero-order valence-electron chi connectivity index (χ0n) is 17.3. The zero-order chi connectivity index (χ0) is 23.4. The molecule has 3 N–H and O–H groups in total. The van der Waals surface area contributed by atoms with Crippen LogP contribution >= 0.6 is 11.6 Å². The maximum Gasteiger partial charge on any atom is 0.278 e. The van der Waals surface area contributed by atoms with E-state index in [0.717, 1.165) is 0 Å². The largest absolute Gasteiger partial charge is 0.489 e. The van der Waals surface area contributed by atoms with Gasteiger partial charge in [0.05, 0.1) is 9.92 Å². The molecule has 3 rings (SSSR count). The van der Waals surface area contributed by atoms with Gasteiger partial charge in [-0.15, -0.1) is 0 Å². The Labute approximate surface area is 190 Å². The van der Waals surface area contributed by atoms with Crippen molar-refractivity contribution in [3.8, 4) is 5.75 Å². The first kappa shape index (κ1) is 24.4. The Morgan fingerprint density at radius 2 is 2.03 bits per heavy atom. The van der Waals surface area contributed by atoms with Crippen LogP contribution in [0.2, 0.25) is 5.02 Å². The first-order chi connectivity index (χ1) is 15.2. The third-order valence-electron chi connectivity index (χ3n) is 5.32. The molecule has 0 saturated carbocycles. The number of rotatable bonds is 8. The monoisotopic (exact) mass is 486 g/mol. The van der Waals surface area contributed by atoms with E-state index < -0.39 is 32.4 Å². The van der Waals surface area contributed by atoms with E-state index in [1.807, 2.05) is 0 Å². The number of carbonyl (C=O) groups excluding carboxylic acids is 1. The van der Waals surface area contributed by atoms with E-state index in [4.69, 9.17) is 21.1 Å². The number of halogens is 2. The molecule has 1 saturated heterocycles. The van der Waals surface area contributed by atoms with Gasteiger partial charge in [-0.1, -0.05) is 17.7 Å². The first-order valence-corrected chi connectivity index (χ1v) is 11.9. The van der Waals surface area contributed by atoms with Gasteiger partial charge in [0.25, 0.3) is 5.91 Å². The topological polar surface area (TPSA) is 114 Å². The number of ether oxygens (including phenoxy) is 2. The molecule has 0 aromatic heterocycles. The maximum atomic E-state index is 13.4. The number of hydroxylamine groups is 1. The average molecular weight is 487 g/mol. The van der Waals surface area contributed by atoms with Crippen LogP contribution in [0.15, 0.2) is 47.4 Å². The molecule has 0 spiro atoms. The summed E-state index contributed by atoms with van der Waals surface area (Å²) in [5, 5.41) is 11.2. The van der Waals surface area contributed by atoms with Crippen molar-refractivity contribution >= 4 is 27.3 Å². The molecule has 2 aromatic carbocycles. The SMILES string of the molecule is CCOC1(C(=O)NO)CNCCC1S(=O)(=O)c1ccc(OCc2ccc(F)cc2Cl)cc1. The Morgan fingerprint density at radius 1 is 1.31 bits per heavy atom. The molecule has 1 fully saturated rings.